The highest BCUT2D eigenvalue weighted by molar-refractivity contribution is 5.94. The van der Waals surface area contributed by atoms with Crippen LogP contribution in [-0.4, -0.2) is 125 Å². The third kappa shape index (κ3) is 26.2. The molecule has 4 atom stereocenters. The number of aryl methyl sites for hydroxylation is 5. The minimum absolute atomic E-state index is 0. The Balaban J connectivity index is 0.000000427. The van der Waals surface area contributed by atoms with E-state index in [1.807, 2.05) is 107 Å². The molecule has 15 nitrogen and oxygen atoms in total. The first-order valence-electron chi connectivity index (χ1n) is 35.2. The summed E-state index contributed by atoms with van der Waals surface area (Å²) in [5.41, 5.74) is 6.08. The summed E-state index contributed by atoms with van der Waals surface area (Å²) in [6.07, 6.45) is 11.6. The van der Waals surface area contributed by atoms with Crippen LogP contribution in [0.3, 0.4) is 0 Å². The summed E-state index contributed by atoms with van der Waals surface area (Å²) in [7, 11) is 1.57. The second kappa shape index (κ2) is 44.4. The van der Waals surface area contributed by atoms with Gasteiger partial charge in [-0.2, -0.15) is 26.3 Å². The molecule has 0 N–H and O–H groups in total. The van der Waals surface area contributed by atoms with Gasteiger partial charge in [0.2, 0.25) is 0 Å². The van der Waals surface area contributed by atoms with E-state index >= 15 is 0 Å². The predicted molar refractivity (Wildman–Crippen MR) is 378 cm³/mol. The Morgan fingerprint density at radius 2 is 0.971 bits per heavy atom. The molecule has 5 aromatic rings. The molecule has 1 spiro atoms. The molecule has 8 rings (SSSR count). The molecule has 1 aliphatic heterocycles. The van der Waals surface area contributed by atoms with Crippen molar-refractivity contribution in [2.45, 2.75) is 203 Å². The summed E-state index contributed by atoms with van der Waals surface area (Å²) in [4.78, 5) is 82.0. The molecule has 0 radical (unpaired) electrons. The van der Waals surface area contributed by atoms with Crippen molar-refractivity contribution in [3.8, 4) is 0 Å². The fourth-order valence-electron chi connectivity index (χ4n) is 12.1. The van der Waals surface area contributed by atoms with Gasteiger partial charge >= 0.3 is 66.0 Å². The van der Waals surface area contributed by atoms with Crippen molar-refractivity contribution in [3.05, 3.63) is 177 Å². The van der Waals surface area contributed by atoms with Gasteiger partial charge in [-0.25, -0.2) is 37.5 Å². The van der Waals surface area contributed by atoms with Crippen molar-refractivity contribution in [1.82, 2.24) is 0 Å². The number of rotatable bonds is 25. The van der Waals surface area contributed by atoms with E-state index in [0.717, 1.165) is 60.4 Å². The van der Waals surface area contributed by atoms with Crippen molar-refractivity contribution >= 4 is 41.8 Å². The predicted octanol–water partition coefficient (Wildman–Crippen LogP) is 19.5. The molecule has 572 valence electrons. The first-order chi connectivity index (χ1) is 48.8. The van der Waals surface area contributed by atoms with Crippen molar-refractivity contribution in [1.29, 1.82) is 0 Å². The average molecular weight is 1460 g/mol. The van der Waals surface area contributed by atoms with E-state index in [0.29, 0.717) is 73.7 Å². The van der Waals surface area contributed by atoms with Gasteiger partial charge in [0.1, 0.15) is 6.61 Å². The maximum Gasteiger partial charge on any atom is 0.381 e. The number of unbranched alkanes of at least 4 members (excludes halogenated alkanes) is 2. The van der Waals surface area contributed by atoms with Gasteiger partial charge in [-0.05, 0) is 163 Å². The first kappa shape index (κ1) is 89.0. The third-order valence-corrected chi connectivity index (χ3v) is 18.5. The van der Waals surface area contributed by atoms with Gasteiger partial charge in [0.15, 0.2) is 12.7 Å². The van der Waals surface area contributed by atoms with Gasteiger partial charge in [-0.1, -0.05) is 170 Å². The summed E-state index contributed by atoms with van der Waals surface area (Å²) < 4.78 is 141. The minimum Gasteiger partial charge on any atom is -0.465 e. The van der Waals surface area contributed by atoms with Crippen molar-refractivity contribution in [3.63, 3.8) is 0 Å². The van der Waals surface area contributed by atoms with Crippen molar-refractivity contribution < 1.29 is 108 Å². The van der Waals surface area contributed by atoms with E-state index < -0.39 is 54.8 Å². The van der Waals surface area contributed by atoms with E-state index in [9.17, 15) is 68.7 Å². The molecular weight excluding hydrogens is 1350 g/mol. The number of esters is 7. The molecule has 2 aliphatic carbocycles. The standard InChI is InChI=1S/C16H28O2.C15H20O4.C15H20O2.C13H10F8O2.C11H14O3.C10H12O2.H2/c1-4-6-10-15(5-2)12-18-14(17)16(15)11-8-7-9-13(16)3;1-4-5-10-18-14(16)12(3)19-15(17)13-9-7-6-8-11(13)2;1-12-7-5-6-10-14(12)15(16)17-11-13-8-3-2-4-9-13;1-7-4-2-3-5-8(7)9(22)23-6-11(16,17)13(20,21)12(18,19)10(14)15;1-9-5-3-4-6-10(9)11(12)14-8-7-13-2;1-3-12-10(11)9-7-5-4-6-8(9)2;/h13H,4-12H2,1-3H3;6-9,12H,4-5,10H2,1-3H3;5-7,10,13H,2-4,8-9,11H2,1H3;2-5,10H,6H2,1H3;3-6H,7-8H2,1-2H3;4-7H,3H2,1-2H3;1H. The monoisotopic (exact) mass is 1460 g/mol. The number of cyclic esters (lactones) is 1. The van der Waals surface area contributed by atoms with Crippen LogP contribution in [0.2, 0.25) is 0 Å². The number of benzene rings is 5. The van der Waals surface area contributed by atoms with Crippen LogP contribution in [-0.2, 0) is 47.5 Å². The SMILES string of the molecule is CCCCC1(CC)COC(=O)C12CCCCC2C.CCCCOC(=O)C(C)OC(=O)c1ccccc1C.CCOC(=O)c1ccccc1C.COCCOC(=O)c1ccccc1C.Cc1ccccc1C(=O)OCC(F)(F)C(F)(F)C(F)(F)C(F)F.Cc1ccccc1C(=O)OCC1CCCCC1.[HH]. The van der Waals surface area contributed by atoms with E-state index in [2.05, 4.69) is 25.5 Å². The highest BCUT2D eigenvalue weighted by Crippen LogP contribution is 2.61. The number of ether oxygens (including phenoxy) is 8. The quantitative estimate of drug-likeness (QED) is 0.0232. The van der Waals surface area contributed by atoms with Crippen LogP contribution in [0.15, 0.2) is 121 Å². The topological polar surface area (TPSA) is 193 Å². The summed E-state index contributed by atoms with van der Waals surface area (Å²) in [5, 5.41) is 0. The van der Waals surface area contributed by atoms with E-state index in [-0.39, 0.29) is 47.3 Å². The maximum absolute atomic E-state index is 13.2. The maximum atomic E-state index is 13.2. The number of alkyl halides is 8. The molecule has 3 aliphatic rings. The number of hydrogen-bond acceptors (Lipinski definition) is 15. The van der Waals surface area contributed by atoms with Crippen LogP contribution in [0.1, 0.15) is 219 Å². The number of carbonyl (C=O) groups is 7. The lowest BCUT2D eigenvalue weighted by Gasteiger charge is -2.48. The van der Waals surface area contributed by atoms with Gasteiger partial charge < -0.3 is 37.9 Å². The summed E-state index contributed by atoms with van der Waals surface area (Å²) in [5.74, 6) is -20.4. The zero-order valence-corrected chi connectivity index (χ0v) is 61.6. The Bertz CT molecular complexity index is 3450. The molecule has 1 saturated heterocycles. The van der Waals surface area contributed by atoms with Crippen LogP contribution in [0.25, 0.3) is 0 Å². The van der Waals surface area contributed by atoms with Crippen molar-refractivity contribution in [2.75, 3.05) is 53.4 Å². The molecule has 0 amide bonds. The number of hydrogen-bond donors (Lipinski definition) is 0. The Morgan fingerprint density at radius 1 is 0.544 bits per heavy atom. The van der Waals surface area contributed by atoms with Crippen LogP contribution in [0.5, 0.6) is 0 Å². The molecule has 4 unspecified atom stereocenters. The van der Waals surface area contributed by atoms with E-state index in [1.54, 1.807) is 38.3 Å². The molecule has 0 aromatic heterocycles. The van der Waals surface area contributed by atoms with Crippen LogP contribution >= 0.6 is 0 Å². The molecule has 23 heteroatoms. The molecule has 103 heavy (non-hydrogen) atoms. The lowest BCUT2D eigenvalue weighted by Crippen LogP contribution is -2.59. The van der Waals surface area contributed by atoms with Gasteiger partial charge in [0.05, 0.1) is 66.3 Å². The van der Waals surface area contributed by atoms with Gasteiger partial charge in [-0.3, -0.25) is 4.79 Å². The first-order valence-corrected chi connectivity index (χ1v) is 35.2. The fraction of sp³-hybridized carbons (Fsp3) is 0.537. The lowest BCUT2D eigenvalue weighted by atomic mass is 9.52. The Hall–Kier alpha value is -8.21. The Labute approximate surface area is 603 Å². The van der Waals surface area contributed by atoms with Crippen LogP contribution in [0, 0.1) is 57.3 Å². The third-order valence-electron chi connectivity index (χ3n) is 18.5. The molecule has 5 aromatic carbocycles. The zero-order chi connectivity index (χ0) is 77.0. The summed E-state index contributed by atoms with van der Waals surface area (Å²) in [6.45, 7) is 21.3. The van der Waals surface area contributed by atoms with Gasteiger partial charge in [0.25, 0.3) is 0 Å². The normalized spacial score (nSPS) is 17.4. The lowest BCUT2D eigenvalue weighted by molar-refractivity contribution is -0.343. The zero-order valence-electron chi connectivity index (χ0n) is 61.6. The second-order valence-electron chi connectivity index (χ2n) is 25.8. The summed E-state index contributed by atoms with van der Waals surface area (Å²) >= 11 is 0. The van der Waals surface area contributed by atoms with Crippen LogP contribution in [0.4, 0.5) is 35.1 Å². The number of methoxy groups -OCH3 is 1. The second-order valence-corrected chi connectivity index (χ2v) is 25.8. The number of carbonyl (C=O) groups excluding carboxylic acids is 7. The highest BCUT2D eigenvalue weighted by atomic mass is 19.4. The van der Waals surface area contributed by atoms with E-state index in [1.165, 1.54) is 96.3 Å². The van der Waals surface area contributed by atoms with Gasteiger partial charge in [-0.15, -0.1) is 0 Å². The summed E-state index contributed by atoms with van der Waals surface area (Å²) in [6, 6.07) is 34.7. The molecule has 2 saturated carbocycles. The smallest absolute Gasteiger partial charge is 0.381 e. The van der Waals surface area contributed by atoms with E-state index in [4.69, 9.17) is 33.2 Å². The number of halogens is 8. The molecule has 0 bridgehead atoms. The fourth-order valence-corrected chi connectivity index (χ4v) is 12.1. The molecule has 1 heterocycles. The largest absolute Gasteiger partial charge is 0.465 e. The minimum atomic E-state index is -6.40. The molecule has 3 fully saturated rings. The Kier molecular flexibility index (Phi) is 38.4. The van der Waals surface area contributed by atoms with Crippen molar-refractivity contribution in [2.24, 2.45) is 22.7 Å². The average Bonchev–Trinajstić information content (AvgIpc) is 1.54. The Morgan fingerprint density at radius 3 is 1.39 bits per heavy atom. The highest BCUT2D eigenvalue weighted by Gasteiger charge is 2.75. The van der Waals surface area contributed by atoms with Gasteiger partial charge in [0, 0.05) is 14.0 Å². The molecular formula is C80H106F8O15. The van der Waals surface area contributed by atoms with Crippen LogP contribution < -0.4 is 0 Å².